The van der Waals surface area contributed by atoms with Crippen molar-refractivity contribution in [1.29, 1.82) is 5.41 Å². The highest BCUT2D eigenvalue weighted by atomic mass is 35.5. The molecule has 1 heterocycles. The number of aliphatic imine (C=N–C) groups is 1. The van der Waals surface area contributed by atoms with Crippen LogP contribution in [0.2, 0.25) is 5.15 Å². The average molecular weight is 703 g/mol. The van der Waals surface area contributed by atoms with Crippen LogP contribution >= 0.6 is 11.6 Å². The molecule has 2 amide bonds. The minimum atomic E-state index is -0.669. The minimum absolute atomic E-state index is 0.0500. The van der Waals surface area contributed by atoms with Gasteiger partial charge in [0.15, 0.2) is 28.4 Å². The Kier molecular flexibility index (Phi) is 19.4. The predicted molar refractivity (Wildman–Crippen MR) is 197 cm³/mol. The van der Waals surface area contributed by atoms with Crippen molar-refractivity contribution in [3.63, 3.8) is 0 Å². The van der Waals surface area contributed by atoms with Gasteiger partial charge in [-0.15, -0.1) is 0 Å². The fourth-order valence-corrected chi connectivity index (χ4v) is 4.99. The van der Waals surface area contributed by atoms with E-state index in [0.717, 1.165) is 83.2 Å². The number of carbonyl (C=O) groups excluding carboxylic acids is 2. The van der Waals surface area contributed by atoms with Crippen LogP contribution in [0.15, 0.2) is 29.3 Å². The minimum Gasteiger partial charge on any atom is -0.492 e. The third kappa shape index (κ3) is 17.1. The summed E-state index contributed by atoms with van der Waals surface area (Å²) in [7, 11) is 0. The van der Waals surface area contributed by atoms with Crippen molar-refractivity contribution in [2.75, 3.05) is 50.8 Å². The van der Waals surface area contributed by atoms with E-state index in [1.165, 1.54) is 5.56 Å². The molecule has 2 aromatic rings. The number of nitrogen functional groups attached to an aromatic ring is 2. The zero-order valence-corrected chi connectivity index (χ0v) is 29.4. The van der Waals surface area contributed by atoms with E-state index in [1.807, 2.05) is 12.1 Å². The van der Waals surface area contributed by atoms with Crippen molar-refractivity contribution in [3.05, 3.63) is 40.7 Å². The number of guanidine groups is 1. The lowest BCUT2D eigenvalue weighted by Crippen LogP contribution is -2.41. The van der Waals surface area contributed by atoms with Crippen molar-refractivity contribution in [2.24, 2.45) is 22.2 Å². The first-order valence-corrected chi connectivity index (χ1v) is 17.4. The van der Waals surface area contributed by atoms with Gasteiger partial charge in [0.05, 0.1) is 11.9 Å². The third-order valence-electron chi connectivity index (χ3n) is 7.69. The van der Waals surface area contributed by atoms with Crippen molar-refractivity contribution in [3.8, 4) is 5.75 Å². The smallest absolute Gasteiger partial charge is 0.280 e. The molecule has 0 fully saturated rings. The molecule has 0 aliphatic carbocycles. The molecule has 0 aliphatic heterocycles. The lowest BCUT2D eigenvalue weighted by molar-refractivity contribution is -0.122. The summed E-state index contributed by atoms with van der Waals surface area (Å²) < 4.78 is 6.03. The highest BCUT2D eigenvalue weighted by Gasteiger charge is 2.17. The number of ether oxygens (including phenoxy) is 1. The zero-order chi connectivity index (χ0) is 36.0. The van der Waals surface area contributed by atoms with Crippen LogP contribution in [-0.2, 0) is 11.2 Å². The van der Waals surface area contributed by atoms with Gasteiger partial charge in [-0.3, -0.25) is 30.2 Å². The van der Waals surface area contributed by atoms with Crippen molar-refractivity contribution >= 4 is 46.8 Å². The Morgan fingerprint density at radius 2 is 1.71 bits per heavy atom. The molecule has 0 aliphatic rings. The number of nitrogens with zero attached hydrogens (tertiary/aromatic N) is 4. The second kappa shape index (κ2) is 23.2. The normalized spacial score (nSPS) is 12.1. The molecule has 0 radical (unpaired) electrons. The van der Waals surface area contributed by atoms with Gasteiger partial charge in [0.25, 0.3) is 5.91 Å². The first-order valence-electron chi connectivity index (χ1n) is 17.0. The predicted octanol–water partition coefficient (Wildman–Crippen LogP) is 2.56. The lowest BCUT2D eigenvalue weighted by Gasteiger charge is -2.22. The summed E-state index contributed by atoms with van der Waals surface area (Å²) in [4.78, 5) is 38.9. The highest BCUT2D eigenvalue weighted by molar-refractivity contribution is 6.31. The molecule has 272 valence electrons. The van der Waals surface area contributed by atoms with Crippen molar-refractivity contribution in [1.82, 2.24) is 25.5 Å². The number of amidine groups is 1. The molecule has 0 saturated heterocycles. The number of anilines is 2. The molecule has 2 rings (SSSR count). The Labute approximate surface area is 294 Å². The van der Waals surface area contributed by atoms with E-state index in [9.17, 15) is 9.59 Å². The number of nitrogens with one attached hydrogen (secondary N) is 3. The van der Waals surface area contributed by atoms with Crippen LogP contribution in [0.5, 0.6) is 5.75 Å². The number of hydrogen-bond acceptors (Lipinski definition) is 11. The van der Waals surface area contributed by atoms with Gasteiger partial charge in [-0.1, -0.05) is 49.9 Å². The van der Waals surface area contributed by atoms with E-state index in [0.29, 0.717) is 32.5 Å². The molecule has 13 N–H and O–H groups in total. The topological polar surface area (TPSA) is 263 Å². The van der Waals surface area contributed by atoms with Crippen LogP contribution in [0.25, 0.3) is 0 Å². The van der Waals surface area contributed by atoms with E-state index in [-0.39, 0.29) is 40.2 Å². The molecule has 0 unspecified atom stereocenters. The van der Waals surface area contributed by atoms with Gasteiger partial charge >= 0.3 is 0 Å². The largest absolute Gasteiger partial charge is 0.492 e. The van der Waals surface area contributed by atoms with E-state index in [4.69, 9.17) is 50.4 Å². The summed E-state index contributed by atoms with van der Waals surface area (Å²) in [5, 5.41) is 12.5. The molecule has 49 heavy (non-hydrogen) atoms. The molecule has 1 aromatic carbocycles. The molecular formula is C33H55ClN12O3. The number of rotatable bonds is 24. The van der Waals surface area contributed by atoms with Crippen molar-refractivity contribution < 1.29 is 14.3 Å². The molecular weight excluding hydrogens is 648 g/mol. The van der Waals surface area contributed by atoms with Gasteiger partial charge in [0, 0.05) is 26.1 Å². The monoisotopic (exact) mass is 702 g/mol. The zero-order valence-electron chi connectivity index (χ0n) is 28.7. The standard InChI is InChI=1S/C33H55ClN12O3/c1-2-3-19-46(20-9-18-41-31(47)25(35)11-5-4-6-12-26(36)37)21-22-49-24-15-13-23(14-16-24)10-7-8-17-42-33(40)45-32(48)27-29(38)44-30(39)28(34)43-27/h13-16,25H,2-12,17-22,35H2,1H3,(H3,36,37)(H,41,47)(H4,38,39,44)(H3,40,42,45,48)/t25-/m0/s1. The first-order chi connectivity index (χ1) is 23.5. The lowest BCUT2D eigenvalue weighted by atomic mass is 10.1. The quantitative estimate of drug-likeness (QED) is 0.0447. The van der Waals surface area contributed by atoms with Gasteiger partial charge < -0.3 is 38.7 Å². The number of aryl methyl sites for hydroxylation is 1. The number of aromatic nitrogens is 2. The fraction of sp³-hybridized carbons (Fsp3) is 0.576. The Morgan fingerprint density at radius 3 is 2.43 bits per heavy atom. The third-order valence-corrected chi connectivity index (χ3v) is 7.97. The summed E-state index contributed by atoms with van der Waals surface area (Å²) in [6, 6.07) is 7.58. The van der Waals surface area contributed by atoms with Crippen LogP contribution in [0.1, 0.15) is 87.2 Å². The van der Waals surface area contributed by atoms with Crippen LogP contribution < -0.4 is 44.0 Å². The van der Waals surface area contributed by atoms with E-state index in [1.54, 1.807) is 0 Å². The summed E-state index contributed by atoms with van der Waals surface area (Å²) in [5.41, 5.74) is 29.5. The van der Waals surface area contributed by atoms with Crippen LogP contribution in [0.4, 0.5) is 11.6 Å². The number of halogens is 1. The fourth-order valence-electron chi connectivity index (χ4n) is 4.86. The Morgan fingerprint density at radius 1 is 0.980 bits per heavy atom. The van der Waals surface area contributed by atoms with Crippen molar-refractivity contribution in [2.45, 2.75) is 83.6 Å². The van der Waals surface area contributed by atoms with Gasteiger partial charge in [0.1, 0.15) is 12.4 Å². The first kappa shape index (κ1) is 41.0. The summed E-state index contributed by atoms with van der Waals surface area (Å²) in [5.74, 6) is -0.0265. The summed E-state index contributed by atoms with van der Waals surface area (Å²) >= 11 is 5.82. The Balaban J connectivity index is 1.63. The Hall–Kier alpha value is -4.21. The van der Waals surface area contributed by atoms with E-state index >= 15 is 0 Å². The number of carbonyl (C=O) groups is 2. The van der Waals surface area contributed by atoms with Crippen LogP contribution in [0.3, 0.4) is 0 Å². The molecule has 15 nitrogen and oxygen atoms in total. The molecule has 0 spiro atoms. The Bertz CT molecular complexity index is 1340. The molecule has 16 heteroatoms. The molecule has 1 atom stereocenters. The second-order valence-electron chi connectivity index (χ2n) is 11.9. The summed E-state index contributed by atoms with van der Waals surface area (Å²) in [6.45, 7) is 6.42. The molecule has 0 bridgehead atoms. The van der Waals surface area contributed by atoms with Crippen LogP contribution in [-0.4, -0.2) is 83.8 Å². The maximum Gasteiger partial charge on any atom is 0.280 e. The maximum absolute atomic E-state index is 12.3. The summed E-state index contributed by atoms with van der Waals surface area (Å²) in [6.07, 6.45) is 9.42. The van der Waals surface area contributed by atoms with Crippen LogP contribution in [0, 0.1) is 5.41 Å². The van der Waals surface area contributed by atoms with Gasteiger partial charge in [-0.25, -0.2) is 9.97 Å². The maximum atomic E-state index is 12.3. The van der Waals surface area contributed by atoms with E-state index in [2.05, 4.69) is 49.6 Å². The van der Waals surface area contributed by atoms with Gasteiger partial charge in [-0.2, -0.15) is 0 Å². The number of hydrogen-bond donors (Lipinski definition) is 8. The average Bonchev–Trinajstić information content (AvgIpc) is 3.06. The highest BCUT2D eigenvalue weighted by Crippen LogP contribution is 2.17. The number of amides is 2. The number of nitrogens with two attached hydrogens (primary N) is 5. The molecule has 1 aromatic heterocycles. The van der Waals surface area contributed by atoms with Gasteiger partial charge in [-0.05, 0) is 75.7 Å². The van der Waals surface area contributed by atoms with E-state index < -0.39 is 11.9 Å². The molecule has 0 saturated carbocycles. The second-order valence-corrected chi connectivity index (χ2v) is 12.2. The number of unbranched alkanes of at least 4 members (excludes halogenated alkanes) is 4. The SMILES string of the molecule is CCCCN(CCCNC(=O)[C@@H](N)CCCCCC(=N)N)CCOc1ccc(CCCCN=C(N)NC(=O)c2nc(Cl)c(N)nc2N)cc1. The number of benzene rings is 1. The van der Waals surface area contributed by atoms with Gasteiger partial charge in [0.2, 0.25) is 5.91 Å².